The van der Waals surface area contributed by atoms with Crippen LogP contribution in [-0.4, -0.2) is 23.6 Å². The fraction of sp³-hybridized carbons (Fsp3) is 0.321. The fourth-order valence-corrected chi connectivity index (χ4v) is 4.71. The largest absolute Gasteiger partial charge is 0.467 e. The highest BCUT2D eigenvalue weighted by molar-refractivity contribution is 6.30. The Morgan fingerprint density at radius 1 is 1.00 bits per heavy atom. The van der Waals surface area contributed by atoms with E-state index in [2.05, 4.69) is 5.32 Å². The summed E-state index contributed by atoms with van der Waals surface area (Å²) in [6, 6.07) is 16.9. The number of nitrogens with one attached hydrogen (secondary N) is 1. The van der Waals surface area contributed by atoms with E-state index < -0.39 is 17.9 Å². The molecule has 0 saturated heterocycles. The molecule has 1 heterocycles. The SMILES string of the molecule is COC(=O)C(NC(=O)c1cc2c(n(Cc3ccc(Cl)cc3)c1=O)CCCCCC2)c1ccccc1. The van der Waals surface area contributed by atoms with Crippen molar-refractivity contribution in [3.8, 4) is 0 Å². The van der Waals surface area contributed by atoms with Gasteiger partial charge in [0.1, 0.15) is 5.56 Å². The number of nitrogens with zero attached hydrogens (tertiary/aromatic N) is 1. The standard InChI is InChI=1S/C28H29ClN2O4/c1-35-28(34)25(20-9-6-4-7-10-20)30-26(32)23-17-21-11-5-2-3-8-12-24(21)31(27(23)33)18-19-13-15-22(29)16-14-19/h4,6-7,9-10,13-17,25H,2-3,5,8,11-12,18H2,1H3,(H,30,32). The molecule has 35 heavy (non-hydrogen) atoms. The number of amides is 1. The van der Waals surface area contributed by atoms with Crippen LogP contribution >= 0.6 is 11.6 Å². The molecule has 0 fully saturated rings. The summed E-state index contributed by atoms with van der Waals surface area (Å²) in [4.78, 5) is 39.6. The number of fused-ring (bicyclic) bond motifs is 1. The topological polar surface area (TPSA) is 77.4 Å². The van der Waals surface area contributed by atoms with Gasteiger partial charge in [-0.25, -0.2) is 4.79 Å². The van der Waals surface area contributed by atoms with Crippen LogP contribution in [0.3, 0.4) is 0 Å². The van der Waals surface area contributed by atoms with Crippen molar-refractivity contribution < 1.29 is 14.3 Å². The molecule has 1 aromatic heterocycles. The minimum Gasteiger partial charge on any atom is -0.467 e. The number of carbonyl (C=O) groups excluding carboxylic acids is 2. The van der Waals surface area contributed by atoms with E-state index in [9.17, 15) is 14.4 Å². The number of benzene rings is 2. The fourth-order valence-electron chi connectivity index (χ4n) is 4.59. The molecule has 7 heteroatoms. The number of aromatic nitrogens is 1. The van der Waals surface area contributed by atoms with Gasteiger partial charge in [-0.15, -0.1) is 0 Å². The van der Waals surface area contributed by atoms with E-state index in [0.29, 0.717) is 17.1 Å². The molecule has 182 valence electrons. The highest BCUT2D eigenvalue weighted by atomic mass is 35.5. The average molecular weight is 493 g/mol. The lowest BCUT2D eigenvalue weighted by Gasteiger charge is -2.22. The molecule has 1 aliphatic carbocycles. The third-order valence-corrected chi connectivity index (χ3v) is 6.70. The van der Waals surface area contributed by atoms with Gasteiger partial charge in [0.2, 0.25) is 0 Å². The van der Waals surface area contributed by atoms with E-state index in [1.165, 1.54) is 7.11 Å². The summed E-state index contributed by atoms with van der Waals surface area (Å²) in [6.07, 6.45) is 5.83. The molecule has 0 spiro atoms. The predicted molar refractivity (Wildman–Crippen MR) is 136 cm³/mol. The number of halogens is 1. The van der Waals surface area contributed by atoms with Gasteiger partial charge in [-0.1, -0.05) is 66.9 Å². The normalized spacial score (nSPS) is 14.2. The zero-order valence-corrected chi connectivity index (χ0v) is 20.5. The molecule has 1 amide bonds. The molecule has 1 unspecified atom stereocenters. The maximum Gasteiger partial charge on any atom is 0.333 e. The van der Waals surface area contributed by atoms with E-state index in [1.807, 2.05) is 18.2 Å². The van der Waals surface area contributed by atoms with Crippen LogP contribution in [0, 0.1) is 0 Å². The molecule has 2 aromatic carbocycles. The van der Waals surface area contributed by atoms with Crippen LogP contribution in [0.15, 0.2) is 65.5 Å². The first-order valence-electron chi connectivity index (χ1n) is 11.9. The highest BCUT2D eigenvalue weighted by Crippen LogP contribution is 2.22. The van der Waals surface area contributed by atoms with Crippen LogP contribution in [0.1, 0.15) is 64.5 Å². The number of hydrogen-bond donors (Lipinski definition) is 1. The number of carbonyl (C=O) groups is 2. The molecular formula is C28H29ClN2O4. The van der Waals surface area contributed by atoms with Gasteiger partial charge in [0.25, 0.3) is 11.5 Å². The monoisotopic (exact) mass is 492 g/mol. The maximum atomic E-state index is 13.7. The Labute approximate surface area is 209 Å². The summed E-state index contributed by atoms with van der Waals surface area (Å²) in [5, 5.41) is 3.35. The van der Waals surface area contributed by atoms with Gasteiger partial charge in [0.05, 0.1) is 13.7 Å². The number of rotatable bonds is 6. The summed E-state index contributed by atoms with van der Waals surface area (Å²) < 4.78 is 6.64. The van der Waals surface area contributed by atoms with E-state index in [4.69, 9.17) is 16.3 Å². The Morgan fingerprint density at radius 2 is 1.69 bits per heavy atom. The van der Waals surface area contributed by atoms with Gasteiger partial charge >= 0.3 is 5.97 Å². The summed E-state index contributed by atoms with van der Waals surface area (Å²) in [5.74, 6) is -1.19. The van der Waals surface area contributed by atoms with Gasteiger partial charge in [0, 0.05) is 10.7 Å². The molecule has 1 aliphatic rings. The van der Waals surface area contributed by atoms with Gasteiger partial charge < -0.3 is 14.6 Å². The average Bonchev–Trinajstić information content (AvgIpc) is 2.86. The quantitative estimate of drug-likeness (QED) is 0.499. The van der Waals surface area contributed by atoms with Crippen LogP contribution in [0.5, 0.6) is 0 Å². The molecule has 3 aromatic rings. The third kappa shape index (κ3) is 5.82. The van der Waals surface area contributed by atoms with E-state index >= 15 is 0 Å². The second kappa shape index (κ2) is 11.4. The van der Waals surface area contributed by atoms with Crippen molar-refractivity contribution in [3.05, 3.63) is 104 Å². The summed E-state index contributed by atoms with van der Waals surface area (Å²) >= 11 is 6.04. The predicted octanol–water partition coefficient (Wildman–Crippen LogP) is 4.85. The van der Waals surface area contributed by atoms with Crippen LogP contribution < -0.4 is 10.9 Å². The van der Waals surface area contributed by atoms with Crippen LogP contribution in [0.4, 0.5) is 0 Å². The molecule has 0 aliphatic heterocycles. The second-order valence-corrected chi connectivity index (χ2v) is 9.24. The van der Waals surface area contributed by atoms with Crippen molar-refractivity contribution in [3.63, 3.8) is 0 Å². The first-order chi connectivity index (χ1) is 17.0. The lowest BCUT2D eigenvalue weighted by atomic mass is 9.95. The number of ether oxygens (including phenoxy) is 1. The summed E-state index contributed by atoms with van der Waals surface area (Å²) in [6.45, 7) is 0.346. The Kier molecular flexibility index (Phi) is 8.03. The van der Waals surface area contributed by atoms with Gasteiger partial charge in [-0.05, 0) is 60.6 Å². The third-order valence-electron chi connectivity index (χ3n) is 6.44. The molecule has 4 rings (SSSR count). The zero-order valence-electron chi connectivity index (χ0n) is 19.8. The highest BCUT2D eigenvalue weighted by Gasteiger charge is 2.27. The van der Waals surface area contributed by atoms with E-state index in [-0.39, 0.29) is 11.1 Å². The molecule has 0 saturated carbocycles. The van der Waals surface area contributed by atoms with Gasteiger partial charge in [-0.2, -0.15) is 0 Å². The Bertz CT molecular complexity index is 1250. The smallest absolute Gasteiger partial charge is 0.333 e. The van der Waals surface area contributed by atoms with E-state index in [1.54, 1.807) is 47.0 Å². The first kappa shape index (κ1) is 24.7. The Morgan fingerprint density at radius 3 is 2.37 bits per heavy atom. The maximum absolute atomic E-state index is 13.7. The lowest BCUT2D eigenvalue weighted by molar-refractivity contribution is -0.143. The van der Waals surface area contributed by atoms with Crippen LogP contribution in [-0.2, 0) is 28.9 Å². The van der Waals surface area contributed by atoms with Crippen molar-refractivity contribution in [2.24, 2.45) is 0 Å². The van der Waals surface area contributed by atoms with E-state index in [0.717, 1.165) is 55.3 Å². The number of hydrogen-bond acceptors (Lipinski definition) is 4. The number of esters is 1. The molecular weight excluding hydrogens is 464 g/mol. The minimum atomic E-state index is -1.01. The minimum absolute atomic E-state index is 0.0307. The summed E-state index contributed by atoms with van der Waals surface area (Å²) in [7, 11) is 1.27. The van der Waals surface area contributed by atoms with Crippen molar-refractivity contribution in [2.75, 3.05) is 7.11 Å². The number of methoxy groups -OCH3 is 1. The van der Waals surface area contributed by atoms with Crippen molar-refractivity contribution >= 4 is 23.5 Å². The number of aryl methyl sites for hydroxylation is 1. The van der Waals surface area contributed by atoms with Crippen LogP contribution in [0.2, 0.25) is 5.02 Å². The lowest BCUT2D eigenvalue weighted by Crippen LogP contribution is -2.39. The van der Waals surface area contributed by atoms with Gasteiger partial charge in [0.15, 0.2) is 6.04 Å². The van der Waals surface area contributed by atoms with Gasteiger partial charge in [-0.3, -0.25) is 9.59 Å². The molecule has 0 radical (unpaired) electrons. The zero-order chi connectivity index (χ0) is 24.8. The van der Waals surface area contributed by atoms with Crippen molar-refractivity contribution in [1.82, 2.24) is 9.88 Å². The molecule has 6 nitrogen and oxygen atoms in total. The molecule has 1 atom stereocenters. The molecule has 1 N–H and O–H groups in total. The Balaban J connectivity index is 1.75. The van der Waals surface area contributed by atoms with Crippen molar-refractivity contribution in [1.29, 1.82) is 0 Å². The first-order valence-corrected chi connectivity index (χ1v) is 12.3. The van der Waals surface area contributed by atoms with Crippen molar-refractivity contribution in [2.45, 2.75) is 51.1 Å². The number of pyridine rings is 1. The second-order valence-electron chi connectivity index (χ2n) is 8.80. The summed E-state index contributed by atoms with van der Waals surface area (Å²) in [5.41, 5.74) is 3.17. The van der Waals surface area contributed by atoms with Crippen LogP contribution in [0.25, 0.3) is 0 Å². The molecule has 0 bridgehead atoms. The Hall–Kier alpha value is -3.38.